The first-order chi connectivity index (χ1) is 9.67. The van der Waals surface area contributed by atoms with Crippen molar-refractivity contribution in [3.8, 4) is 5.75 Å². The fourth-order valence-electron chi connectivity index (χ4n) is 1.91. The minimum Gasteiger partial charge on any atom is -0.508 e. The number of likely N-dealkylation sites (N-methyl/N-ethyl adjacent to an activating group) is 1. The van der Waals surface area contributed by atoms with Crippen molar-refractivity contribution in [1.29, 1.82) is 0 Å². The lowest BCUT2D eigenvalue weighted by Gasteiger charge is -2.16. The number of phenolic OH excluding ortho intramolecular Hbond substituents is 1. The second-order valence-corrected chi connectivity index (χ2v) is 6.63. The molecule has 0 radical (unpaired) electrons. The number of halogens is 1. The van der Waals surface area contributed by atoms with Crippen LogP contribution in [-0.2, 0) is 6.42 Å². The number of benzene rings is 2. The number of hydrogen-bond donors (Lipinski definition) is 2. The zero-order valence-electron chi connectivity index (χ0n) is 11.3. The van der Waals surface area contributed by atoms with Crippen LogP contribution in [0.15, 0.2) is 57.9 Å². The summed E-state index contributed by atoms with van der Waals surface area (Å²) in [6, 6.07) is 16.2. The summed E-state index contributed by atoms with van der Waals surface area (Å²) in [6.45, 7) is 0. The van der Waals surface area contributed by atoms with Crippen LogP contribution >= 0.6 is 27.7 Å². The Labute approximate surface area is 132 Å². The summed E-state index contributed by atoms with van der Waals surface area (Å²) in [5.41, 5.74) is 1.23. The van der Waals surface area contributed by atoms with Gasteiger partial charge in [-0.15, -0.1) is 11.8 Å². The minimum atomic E-state index is 0.318. The Morgan fingerprint density at radius 3 is 2.60 bits per heavy atom. The van der Waals surface area contributed by atoms with Crippen LogP contribution in [0, 0.1) is 0 Å². The molecule has 0 bridgehead atoms. The normalized spacial score (nSPS) is 12.3. The number of thioether (sulfide) groups is 1. The number of nitrogens with one attached hydrogen (secondary N) is 1. The molecule has 20 heavy (non-hydrogen) atoms. The Balaban J connectivity index is 1.90. The highest BCUT2D eigenvalue weighted by Crippen LogP contribution is 2.23. The van der Waals surface area contributed by atoms with Crippen LogP contribution in [0.25, 0.3) is 0 Å². The summed E-state index contributed by atoms with van der Waals surface area (Å²) in [5, 5.41) is 12.7. The van der Waals surface area contributed by atoms with Crippen LogP contribution in [0.2, 0.25) is 0 Å². The lowest BCUT2D eigenvalue weighted by Crippen LogP contribution is -2.30. The molecule has 0 aromatic heterocycles. The molecule has 4 heteroatoms. The van der Waals surface area contributed by atoms with E-state index >= 15 is 0 Å². The average Bonchev–Trinajstić information content (AvgIpc) is 2.45. The second-order valence-electron chi connectivity index (χ2n) is 4.62. The van der Waals surface area contributed by atoms with E-state index in [1.807, 2.05) is 37.0 Å². The molecular weight excluding hydrogens is 334 g/mol. The molecule has 2 aromatic carbocycles. The summed E-state index contributed by atoms with van der Waals surface area (Å²) >= 11 is 5.34. The van der Waals surface area contributed by atoms with E-state index in [-0.39, 0.29) is 0 Å². The van der Waals surface area contributed by atoms with Gasteiger partial charge in [-0.05, 0) is 49.4 Å². The molecule has 2 rings (SSSR count). The van der Waals surface area contributed by atoms with Crippen molar-refractivity contribution in [1.82, 2.24) is 5.32 Å². The molecule has 0 saturated carbocycles. The topological polar surface area (TPSA) is 32.3 Å². The molecule has 2 nitrogen and oxygen atoms in total. The SMILES string of the molecule is CNC(CSc1cccc(Br)c1)Cc1ccc(O)cc1. The van der Waals surface area contributed by atoms with E-state index < -0.39 is 0 Å². The van der Waals surface area contributed by atoms with Crippen molar-refractivity contribution in [2.45, 2.75) is 17.4 Å². The highest BCUT2D eigenvalue weighted by molar-refractivity contribution is 9.10. The van der Waals surface area contributed by atoms with Crippen molar-refractivity contribution in [2.24, 2.45) is 0 Å². The Kier molecular flexibility index (Phi) is 5.95. The van der Waals surface area contributed by atoms with E-state index in [1.165, 1.54) is 10.5 Å². The van der Waals surface area contributed by atoms with Gasteiger partial charge in [0.1, 0.15) is 5.75 Å². The van der Waals surface area contributed by atoms with Gasteiger partial charge in [0, 0.05) is 21.2 Å². The molecular formula is C16H18BrNOS. The Morgan fingerprint density at radius 2 is 1.95 bits per heavy atom. The van der Waals surface area contributed by atoms with E-state index in [9.17, 15) is 5.11 Å². The van der Waals surface area contributed by atoms with Gasteiger partial charge < -0.3 is 10.4 Å². The maximum atomic E-state index is 9.30. The fraction of sp³-hybridized carbons (Fsp3) is 0.250. The van der Waals surface area contributed by atoms with Gasteiger partial charge in [0.2, 0.25) is 0 Å². The molecule has 106 valence electrons. The van der Waals surface area contributed by atoms with Gasteiger partial charge in [-0.3, -0.25) is 0 Å². The Morgan fingerprint density at radius 1 is 1.20 bits per heavy atom. The minimum absolute atomic E-state index is 0.318. The maximum Gasteiger partial charge on any atom is 0.115 e. The van der Waals surface area contributed by atoms with Crippen LogP contribution < -0.4 is 5.32 Å². The van der Waals surface area contributed by atoms with Crippen LogP contribution in [0.3, 0.4) is 0 Å². The van der Waals surface area contributed by atoms with E-state index in [4.69, 9.17) is 0 Å². The number of rotatable bonds is 6. The highest BCUT2D eigenvalue weighted by atomic mass is 79.9. The molecule has 1 atom stereocenters. The summed E-state index contributed by atoms with van der Waals surface area (Å²) in [6.07, 6.45) is 0.956. The molecule has 0 amide bonds. The molecule has 0 spiro atoms. The van der Waals surface area contributed by atoms with E-state index in [0.29, 0.717) is 11.8 Å². The second kappa shape index (κ2) is 7.72. The number of hydrogen-bond acceptors (Lipinski definition) is 3. The zero-order valence-corrected chi connectivity index (χ0v) is 13.7. The number of phenols is 1. The standard InChI is InChI=1S/C16H18BrNOS/c1-18-14(9-12-5-7-15(19)8-6-12)11-20-16-4-2-3-13(17)10-16/h2-8,10,14,18-19H,9,11H2,1H3. The van der Waals surface area contributed by atoms with Crippen LogP contribution in [0.4, 0.5) is 0 Å². The third kappa shape index (κ3) is 4.85. The van der Waals surface area contributed by atoms with Gasteiger partial charge in [0.25, 0.3) is 0 Å². The molecule has 0 aliphatic rings. The Bertz CT molecular complexity index is 544. The monoisotopic (exact) mass is 351 g/mol. The van der Waals surface area contributed by atoms with Gasteiger partial charge in [-0.25, -0.2) is 0 Å². The van der Waals surface area contributed by atoms with Crippen molar-refractivity contribution < 1.29 is 5.11 Å². The largest absolute Gasteiger partial charge is 0.508 e. The van der Waals surface area contributed by atoms with E-state index in [1.54, 1.807) is 12.1 Å². The average molecular weight is 352 g/mol. The van der Waals surface area contributed by atoms with Gasteiger partial charge in [0.15, 0.2) is 0 Å². The molecule has 2 N–H and O–H groups in total. The van der Waals surface area contributed by atoms with Crippen LogP contribution in [0.5, 0.6) is 5.75 Å². The molecule has 0 fully saturated rings. The predicted molar refractivity (Wildman–Crippen MR) is 89.5 cm³/mol. The smallest absolute Gasteiger partial charge is 0.115 e. The molecule has 0 heterocycles. The van der Waals surface area contributed by atoms with Crippen molar-refractivity contribution in [3.63, 3.8) is 0 Å². The van der Waals surface area contributed by atoms with Crippen molar-refractivity contribution >= 4 is 27.7 Å². The zero-order chi connectivity index (χ0) is 14.4. The molecule has 0 saturated heterocycles. The van der Waals surface area contributed by atoms with Crippen LogP contribution in [-0.4, -0.2) is 23.9 Å². The fourth-order valence-corrected chi connectivity index (χ4v) is 3.53. The summed E-state index contributed by atoms with van der Waals surface area (Å²) < 4.78 is 1.11. The molecule has 2 aromatic rings. The van der Waals surface area contributed by atoms with Gasteiger partial charge in [-0.1, -0.05) is 34.1 Å². The summed E-state index contributed by atoms with van der Waals surface area (Å²) in [4.78, 5) is 1.27. The summed E-state index contributed by atoms with van der Waals surface area (Å²) in [5.74, 6) is 1.33. The quantitative estimate of drug-likeness (QED) is 0.769. The van der Waals surface area contributed by atoms with Crippen LogP contribution in [0.1, 0.15) is 5.56 Å². The lowest BCUT2D eigenvalue weighted by atomic mass is 10.1. The first-order valence-corrected chi connectivity index (χ1v) is 8.29. The Hall–Kier alpha value is -0.970. The van der Waals surface area contributed by atoms with Gasteiger partial charge in [-0.2, -0.15) is 0 Å². The van der Waals surface area contributed by atoms with Crippen molar-refractivity contribution in [3.05, 3.63) is 58.6 Å². The molecule has 0 aliphatic carbocycles. The van der Waals surface area contributed by atoms with Gasteiger partial charge in [0.05, 0.1) is 0 Å². The summed E-state index contributed by atoms with van der Waals surface area (Å²) in [7, 11) is 1.99. The molecule has 0 aliphatic heterocycles. The first kappa shape index (κ1) is 15.4. The van der Waals surface area contributed by atoms with E-state index in [2.05, 4.69) is 39.4 Å². The number of aromatic hydroxyl groups is 1. The van der Waals surface area contributed by atoms with Gasteiger partial charge >= 0.3 is 0 Å². The molecule has 1 unspecified atom stereocenters. The van der Waals surface area contributed by atoms with E-state index in [0.717, 1.165) is 16.6 Å². The maximum absolute atomic E-state index is 9.30. The third-order valence-corrected chi connectivity index (χ3v) is 4.72. The third-order valence-electron chi connectivity index (χ3n) is 3.07. The van der Waals surface area contributed by atoms with Crippen molar-refractivity contribution in [2.75, 3.05) is 12.8 Å². The highest BCUT2D eigenvalue weighted by Gasteiger charge is 2.08. The lowest BCUT2D eigenvalue weighted by molar-refractivity contribution is 0.475. The predicted octanol–water partition coefficient (Wildman–Crippen LogP) is 4.08. The first-order valence-electron chi connectivity index (χ1n) is 6.51.